The zero-order valence-electron chi connectivity index (χ0n) is 11.0. The van der Waals surface area contributed by atoms with E-state index in [1.54, 1.807) is 12.1 Å². The fourth-order valence-electron chi connectivity index (χ4n) is 1.26. The molecule has 2 amide bonds. The first-order valence-electron chi connectivity index (χ1n) is 6.09. The number of amides is 2. The molecule has 0 aliphatic rings. The lowest BCUT2D eigenvalue weighted by molar-refractivity contribution is -0.119. The van der Waals surface area contributed by atoms with Crippen molar-refractivity contribution in [3.8, 4) is 0 Å². The summed E-state index contributed by atoms with van der Waals surface area (Å²) in [6.07, 6.45) is 2.81. The molecule has 0 radical (unpaired) electrons. The van der Waals surface area contributed by atoms with Crippen molar-refractivity contribution in [2.45, 2.75) is 33.6 Å². The van der Waals surface area contributed by atoms with Crippen LogP contribution < -0.4 is 10.6 Å². The van der Waals surface area contributed by atoms with Crippen molar-refractivity contribution in [2.75, 3.05) is 10.6 Å². The second-order valence-corrected chi connectivity index (χ2v) is 4.37. The Kier molecular flexibility index (Phi) is 5.30. The van der Waals surface area contributed by atoms with E-state index >= 15 is 0 Å². The molecular formula is C13H19N3O2. The molecule has 1 aromatic rings. The third-order valence-corrected chi connectivity index (χ3v) is 2.30. The van der Waals surface area contributed by atoms with Crippen molar-refractivity contribution in [1.82, 2.24) is 4.98 Å². The molecule has 2 N–H and O–H groups in total. The topological polar surface area (TPSA) is 71.1 Å². The average molecular weight is 249 g/mol. The Bertz CT molecular complexity index is 413. The van der Waals surface area contributed by atoms with Gasteiger partial charge in [0.2, 0.25) is 11.8 Å². The third-order valence-electron chi connectivity index (χ3n) is 2.30. The van der Waals surface area contributed by atoms with E-state index in [-0.39, 0.29) is 17.7 Å². The summed E-state index contributed by atoms with van der Waals surface area (Å²) >= 11 is 0. The number of carbonyl (C=O) groups excluding carboxylic acids is 2. The first-order valence-corrected chi connectivity index (χ1v) is 6.09. The molecule has 0 aliphatic carbocycles. The lowest BCUT2D eigenvalue weighted by Crippen LogP contribution is -2.18. The molecule has 1 rings (SSSR count). The smallest absolute Gasteiger partial charge is 0.226 e. The van der Waals surface area contributed by atoms with E-state index in [1.165, 1.54) is 6.20 Å². The Balaban J connectivity index is 2.57. The quantitative estimate of drug-likeness (QED) is 0.841. The van der Waals surface area contributed by atoms with Gasteiger partial charge < -0.3 is 10.6 Å². The van der Waals surface area contributed by atoms with Gasteiger partial charge in [-0.25, -0.2) is 4.98 Å². The molecule has 0 bridgehead atoms. The van der Waals surface area contributed by atoms with E-state index in [1.807, 2.05) is 20.8 Å². The number of nitrogens with zero attached hydrogens (tertiary/aromatic N) is 1. The number of pyridine rings is 1. The fraction of sp³-hybridized carbons (Fsp3) is 0.462. The predicted octanol–water partition coefficient (Wildman–Crippen LogP) is 2.41. The number of hydrogen-bond donors (Lipinski definition) is 2. The highest BCUT2D eigenvalue weighted by Gasteiger charge is 2.07. The van der Waals surface area contributed by atoms with Crippen LogP contribution in [0.2, 0.25) is 0 Å². The van der Waals surface area contributed by atoms with Gasteiger partial charge in [-0.3, -0.25) is 9.59 Å². The molecule has 1 aromatic heterocycles. The Morgan fingerprint density at radius 3 is 2.50 bits per heavy atom. The van der Waals surface area contributed by atoms with Crippen molar-refractivity contribution < 1.29 is 9.59 Å². The number of aromatic nitrogens is 1. The van der Waals surface area contributed by atoms with Crippen LogP contribution in [-0.4, -0.2) is 16.8 Å². The fourth-order valence-corrected chi connectivity index (χ4v) is 1.26. The molecule has 5 nitrogen and oxygen atoms in total. The molecule has 0 saturated heterocycles. The Morgan fingerprint density at radius 1 is 1.28 bits per heavy atom. The van der Waals surface area contributed by atoms with Crippen LogP contribution in [0.15, 0.2) is 18.3 Å². The summed E-state index contributed by atoms with van der Waals surface area (Å²) < 4.78 is 0. The van der Waals surface area contributed by atoms with Crippen LogP contribution in [0.25, 0.3) is 0 Å². The Labute approximate surface area is 107 Å². The van der Waals surface area contributed by atoms with Crippen molar-refractivity contribution >= 4 is 23.3 Å². The highest BCUT2D eigenvalue weighted by Crippen LogP contribution is 2.11. The van der Waals surface area contributed by atoms with E-state index in [0.29, 0.717) is 17.9 Å². The summed E-state index contributed by atoms with van der Waals surface area (Å²) in [5, 5.41) is 5.42. The number of nitrogens with one attached hydrogen (secondary N) is 2. The molecule has 0 aliphatic heterocycles. The van der Waals surface area contributed by atoms with Gasteiger partial charge in [0.05, 0.1) is 11.9 Å². The van der Waals surface area contributed by atoms with Gasteiger partial charge in [-0.2, -0.15) is 0 Å². The summed E-state index contributed by atoms with van der Waals surface area (Å²) in [6, 6.07) is 3.39. The standard InChI is InChI=1S/C13H19N3O2/c1-4-5-12(17)16-11-7-6-10(8-14-11)15-13(18)9(2)3/h6-9H,4-5H2,1-3H3,(H,15,18)(H,14,16,17). The molecule has 0 unspecified atom stereocenters. The minimum atomic E-state index is -0.0751. The van der Waals surface area contributed by atoms with E-state index in [2.05, 4.69) is 15.6 Å². The summed E-state index contributed by atoms with van der Waals surface area (Å²) in [6.45, 7) is 5.59. The monoisotopic (exact) mass is 249 g/mol. The van der Waals surface area contributed by atoms with Gasteiger partial charge in [0.15, 0.2) is 0 Å². The van der Waals surface area contributed by atoms with Crippen LogP contribution >= 0.6 is 0 Å². The van der Waals surface area contributed by atoms with Crippen LogP contribution in [0, 0.1) is 5.92 Å². The van der Waals surface area contributed by atoms with Crippen molar-refractivity contribution in [3.63, 3.8) is 0 Å². The molecular weight excluding hydrogens is 230 g/mol. The molecule has 18 heavy (non-hydrogen) atoms. The van der Waals surface area contributed by atoms with Crippen LogP contribution in [0.3, 0.4) is 0 Å². The lowest BCUT2D eigenvalue weighted by Gasteiger charge is -2.08. The summed E-state index contributed by atoms with van der Waals surface area (Å²) in [4.78, 5) is 26.9. The van der Waals surface area contributed by atoms with Crippen molar-refractivity contribution in [2.24, 2.45) is 5.92 Å². The van der Waals surface area contributed by atoms with Gasteiger partial charge in [-0.05, 0) is 18.6 Å². The van der Waals surface area contributed by atoms with Crippen LogP contribution in [0.4, 0.5) is 11.5 Å². The average Bonchev–Trinajstić information content (AvgIpc) is 2.31. The minimum Gasteiger partial charge on any atom is -0.325 e. The van der Waals surface area contributed by atoms with Gasteiger partial charge >= 0.3 is 0 Å². The summed E-state index contributed by atoms with van der Waals surface area (Å²) in [7, 11) is 0. The number of anilines is 2. The van der Waals surface area contributed by atoms with E-state index < -0.39 is 0 Å². The number of rotatable bonds is 5. The van der Waals surface area contributed by atoms with Crippen molar-refractivity contribution in [3.05, 3.63) is 18.3 Å². The summed E-state index contributed by atoms with van der Waals surface area (Å²) in [5.74, 6) is 0.313. The van der Waals surface area contributed by atoms with Gasteiger partial charge in [-0.15, -0.1) is 0 Å². The zero-order valence-corrected chi connectivity index (χ0v) is 11.0. The molecule has 0 atom stereocenters. The van der Waals surface area contributed by atoms with Crippen LogP contribution in [0.5, 0.6) is 0 Å². The van der Waals surface area contributed by atoms with E-state index in [0.717, 1.165) is 6.42 Å². The lowest BCUT2D eigenvalue weighted by atomic mass is 10.2. The molecule has 0 fully saturated rings. The van der Waals surface area contributed by atoms with E-state index in [9.17, 15) is 9.59 Å². The van der Waals surface area contributed by atoms with Gasteiger partial charge in [-0.1, -0.05) is 20.8 Å². The first kappa shape index (κ1) is 14.2. The molecule has 0 saturated carbocycles. The second-order valence-electron chi connectivity index (χ2n) is 4.37. The molecule has 0 spiro atoms. The molecule has 0 aromatic carbocycles. The van der Waals surface area contributed by atoms with Crippen LogP contribution in [0.1, 0.15) is 33.6 Å². The molecule has 5 heteroatoms. The second kappa shape index (κ2) is 6.74. The Morgan fingerprint density at radius 2 is 2.00 bits per heavy atom. The maximum atomic E-state index is 11.5. The number of carbonyl (C=O) groups is 2. The third kappa shape index (κ3) is 4.53. The van der Waals surface area contributed by atoms with Gasteiger partial charge in [0, 0.05) is 12.3 Å². The maximum absolute atomic E-state index is 11.5. The summed E-state index contributed by atoms with van der Waals surface area (Å²) in [5.41, 5.74) is 0.627. The van der Waals surface area contributed by atoms with E-state index in [4.69, 9.17) is 0 Å². The van der Waals surface area contributed by atoms with Crippen LogP contribution in [-0.2, 0) is 9.59 Å². The van der Waals surface area contributed by atoms with Crippen molar-refractivity contribution in [1.29, 1.82) is 0 Å². The minimum absolute atomic E-state index is 0.0519. The number of hydrogen-bond acceptors (Lipinski definition) is 3. The van der Waals surface area contributed by atoms with Gasteiger partial charge in [0.1, 0.15) is 5.82 Å². The highest BCUT2D eigenvalue weighted by molar-refractivity contribution is 5.92. The largest absolute Gasteiger partial charge is 0.325 e. The maximum Gasteiger partial charge on any atom is 0.226 e. The molecule has 1 heterocycles. The molecule has 98 valence electrons. The zero-order chi connectivity index (χ0) is 13.5. The van der Waals surface area contributed by atoms with Gasteiger partial charge in [0.25, 0.3) is 0 Å². The normalized spacial score (nSPS) is 10.2. The highest BCUT2D eigenvalue weighted by atomic mass is 16.2. The SMILES string of the molecule is CCCC(=O)Nc1ccc(NC(=O)C(C)C)cn1. The predicted molar refractivity (Wildman–Crippen MR) is 71.2 cm³/mol. The first-order chi connectivity index (χ1) is 8.52. The Hall–Kier alpha value is -1.91.